The molecule has 0 aliphatic rings. The third kappa shape index (κ3) is 4.64. The van der Waals surface area contributed by atoms with Gasteiger partial charge in [0.05, 0.1) is 24.2 Å². The number of benzene rings is 2. The number of rotatable bonds is 7. The number of hydrogen-bond donors (Lipinski definition) is 0. The molecule has 1 heterocycles. The highest BCUT2D eigenvalue weighted by molar-refractivity contribution is 9.10. The van der Waals surface area contributed by atoms with E-state index in [0.717, 1.165) is 39.8 Å². The van der Waals surface area contributed by atoms with Crippen molar-refractivity contribution in [3.05, 3.63) is 67.7 Å². The molecule has 2 aromatic carbocycles. The number of nitrogens with zero attached hydrogens (tertiary/aromatic N) is 3. The van der Waals surface area contributed by atoms with Gasteiger partial charge >= 0.3 is 0 Å². The number of aromatic nitrogens is 2. The summed E-state index contributed by atoms with van der Waals surface area (Å²) in [5.41, 5.74) is 3.66. The molecule has 0 N–H and O–H groups in total. The summed E-state index contributed by atoms with van der Waals surface area (Å²) in [5.74, 6) is 1.87. The number of aryl methyl sites for hydroxylation is 2. The van der Waals surface area contributed by atoms with Crippen LogP contribution in [0.1, 0.15) is 62.0 Å². The van der Waals surface area contributed by atoms with Crippen LogP contribution < -0.4 is 10.3 Å². The molecule has 158 valence electrons. The molecule has 0 spiro atoms. The monoisotopic (exact) mass is 469 g/mol. The summed E-state index contributed by atoms with van der Waals surface area (Å²) in [6.45, 7) is 8.40. The minimum Gasteiger partial charge on any atom is -0.496 e. The minimum atomic E-state index is -0.154. The van der Waals surface area contributed by atoms with E-state index in [2.05, 4.69) is 47.9 Å². The predicted octanol–water partition coefficient (Wildman–Crippen LogP) is 5.82. The third-order valence-corrected chi connectivity index (χ3v) is 5.68. The van der Waals surface area contributed by atoms with Crippen molar-refractivity contribution in [3.63, 3.8) is 0 Å². The Morgan fingerprint density at radius 1 is 1.27 bits per heavy atom. The first-order valence-corrected chi connectivity index (χ1v) is 11.1. The Morgan fingerprint density at radius 2 is 2.03 bits per heavy atom. The SMILES string of the molecule is CCCCc1nc2ccc(Br)cc2c(=O)n1N=Cc1cc(C(C)C)c(OC)cc1C. The van der Waals surface area contributed by atoms with Crippen LogP contribution in [0.5, 0.6) is 5.75 Å². The number of fused-ring (bicyclic) bond motifs is 1. The van der Waals surface area contributed by atoms with Gasteiger partial charge in [-0.15, -0.1) is 0 Å². The van der Waals surface area contributed by atoms with Gasteiger partial charge in [-0.2, -0.15) is 9.78 Å². The van der Waals surface area contributed by atoms with Crippen LogP contribution in [0.4, 0.5) is 0 Å². The molecule has 3 aromatic rings. The molecule has 0 saturated carbocycles. The first-order valence-electron chi connectivity index (χ1n) is 10.3. The van der Waals surface area contributed by atoms with Crippen molar-refractivity contribution in [3.8, 4) is 5.75 Å². The quantitative estimate of drug-likeness (QED) is 0.409. The van der Waals surface area contributed by atoms with E-state index in [0.29, 0.717) is 29.1 Å². The lowest BCUT2D eigenvalue weighted by Crippen LogP contribution is -2.22. The molecular weight excluding hydrogens is 442 g/mol. The van der Waals surface area contributed by atoms with Crippen molar-refractivity contribution in [1.82, 2.24) is 9.66 Å². The summed E-state index contributed by atoms with van der Waals surface area (Å²) in [5, 5.41) is 5.14. The summed E-state index contributed by atoms with van der Waals surface area (Å²) >= 11 is 3.45. The van der Waals surface area contributed by atoms with Crippen LogP contribution in [-0.4, -0.2) is 23.0 Å². The number of halogens is 1. The molecule has 0 atom stereocenters. The van der Waals surface area contributed by atoms with Crippen molar-refractivity contribution >= 4 is 33.0 Å². The van der Waals surface area contributed by atoms with Crippen LogP contribution in [0.15, 0.2) is 44.7 Å². The Bertz CT molecular complexity index is 1150. The molecule has 30 heavy (non-hydrogen) atoms. The highest BCUT2D eigenvalue weighted by atomic mass is 79.9. The first kappa shape index (κ1) is 22.2. The lowest BCUT2D eigenvalue weighted by molar-refractivity contribution is 0.407. The fourth-order valence-electron chi connectivity index (χ4n) is 3.41. The molecule has 1 aromatic heterocycles. The van der Waals surface area contributed by atoms with Crippen molar-refractivity contribution < 1.29 is 4.74 Å². The van der Waals surface area contributed by atoms with Gasteiger partial charge in [-0.25, -0.2) is 4.98 Å². The lowest BCUT2D eigenvalue weighted by atomic mass is 9.97. The zero-order valence-electron chi connectivity index (χ0n) is 18.2. The van der Waals surface area contributed by atoms with E-state index < -0.39 is 0 Å². The molecule has 0 radical (unpaired) electrons. The molecule has 0 amide bonds. The Labute approximate surface area is 185 Å². The largest absolute Gasteiger partial charge is 0.496 e. The standard InChI is InChI=1S/C24H28BrN3O2/c1-6-7-8-23-27-21-10-9-18(25)13-20(21)24(29)28(23)26-14-17-12-19(15(2)3)22(30-5)11-16(17)4/h9-15H,6-8H2,1-5H3. The van der Waals surface area contributed by atoms with Crippen molar-refractivity contribution in [2.75, 3.05) is 7.11 Å². The molecule has 0 unspecified atom stereocenters. The summed E-state index contributed by atoms with van der Waals surface area (Å²) in [6, 6.07) is 9.68. The Kier molecular flexibility index (Phi) is 7.08. The van der Waals surface area contributed by atoms with Gasteiger partial charge in [-0.3, -0.25) is 4.79 Å². The van der Waals surface area contributed by atoms with E-state index in [1.54, 1.807) is 19.4 Å². The zero-order chi connectivity index (χ0) is 21.8. The molecule has 0 saturated heterocycles. The van der Waals surface area contributed by atoms with Gasteiger partial charge in [0.25, 0.3) is 5.56 Å². The van der Waals surface area contributed by atoms with Gasteiger partial charge in [0.1, 0.15) is 11.6 Å². The van der Waals surface area contributed by atoms with E-state index in [9.17, 15) is 4.79 Å². The second kappa shape index (κ2) is 9.56. The van der Waals surface area contributed by atoms with E-state index in [1.165, 1.54) is 4.68 Å². The van der Waals surface area contributed by atoms with Gasteiger partial charge in [-0.1, -0.05) is 43.1 Å². The molecule has 6 heteroatoms. The molecule has 0 aliphatic heterocycles. The molecule has 3 rings (SSSR count). The molecule has 0 bridgehead atoms. The van der Waals surface area contributed by atoms with Crippen LogP contribution in [0.2, 0.25) is 0 Å². The highest BCUT2D eigenvalue weighted by Crippen LogP contribution is 2.29. The van der Waals surface area contributed by atoms with E-state index in [1.807, 2.05) is 25.1 Å². The average Bonchev–Trinajstić information content (AvgIpc) is 2.72. The summed E-state index contributed by atoms with van der Waals surface area (Å²) in [4.78, 5) is 17.9. The van der Waals surface area contributed by atoms with Crippen molar-refractivity contribution in [2.24, 2.45) is 5.10 Å². The van der Waals surface area contributed by atoms with Crippen molar-refractivity contribution in [2.45, 2.75) is 52.9 Å². The molecule has 0 fully saturated rings. The second-order valence-corrected chi connectivity index (χ2v) is 8.68. The topological polar surface area (TPSA) is 56.5 Å². The van der Waals surface area contributed by atoms with Crippen LogP contribution in [0.25, 0.3) is 10.9 Å². The van der Waals surface area contributed by atoms with Crippen molar-refractivity contribution in [1.29, 1.82) is 0 Å². The van der Waals surface area contributed by atoms with Gasteiger partial charge in [0.2, 0.25) is 0 Å². The fourth-order valence-corrected chi connectivity index (χ4v) is 3.77. The number of methoxy groups -OCH3 is 1. The summed E-state index contributed by atoms with van der Waals surface area (Å²) in [6.07, 6.45) is 4.42. The van der Waals surface area contributed by atoms with Crippen LogP contribution in [-0.2, 0) is 6.42 Å². The maximum absolute atomic E-state index is 13.2. The van der Waals surface area contributed by atoms with E-state index in [4.69, 9.17) is 9.72 Å². The van der Waals surface area contributed by atoms with Gasteiger partial charge in [0.15, 0.2) is 0 Å². The highest BCUT2D eigenvalue weighted by Gasteiger charge is 2.13. The number of ether oxygens (including phenoxy) is 1. The molecule has 0 aliphatic carbocycles. The normalized spacial score (nSPS) is 11.7. The van der Waals surface area contributed by atoms with Gasteiger partial charge < -0.3 is 4.74 Å². The Morgan fingerprint density at radius 3 is 2.70 bits per heavy atom. The number of unbranched alkanes of at least 4 members (excludes halogenated alkanes) is 1. The molecule has 5 nitrogen and oxygen atoms in total. The average molecular weight is 470 g/mol. The third-order valence-electron chi connectivity index (χ3n) is 5.18. The molecular formula is C24H28BrN3O2. The number of hydrogen-bond acceptors (Lipinski definition) is 4. The minimum absolute atomic E-state index is 0.154. The summed E-state index contributed by atoms with van der Waals surface area (Å²) in [7, 11) is 1.69. The van der Waals surface area contributed by atoms with Gasteiger partial charge in [0, 0.05) is 10.9 Å². The fraction of sp³-hybridized carbons (Fsp3) is 0.375. The smallest absolute Gasteiger partial charge is 0.282 e. The summed E-state index contributed by atoms with van der Waals surface area (Å²) < 4.78 is 7.83. The maximum Gasteiger partial charge on any atom is 0.282 e. The van der Waals surface area contributed by atoms with Gasteiger partial charge in [-0.05, 0) is 66.3 Å². The van der Waals surface area contributed by atoms with Crippen LogP contribution in [0.3, 0.4) is 0 Å². The van der Waals surface area contributed by atoms with Crippen LogP contribution in [0, 0.1) is 6.92 Å². The zero-order valence-corrected chi connectivity index (χ0v) is 19.8. The maximum atomic E-state index is 13.2. The first-order chi connectivity index (χ1) is 14.3. The van der Waals surface area contributed by atoms with E-state index in [-0.39, 0.29) is 5.56 Å². The second-order valence-electron chi connectivity index (χ2n) is 7.76. The van der Waals surface area contributed by atoms with Crippen LogP contribution >= 0.6 is 15.9 Å². The predicted molar refractivity (Wildman–Crippen MR) is 127 cm³/mol. The lowest BCUT2D eigenvalue weighted by Gasteiger charge is -2.14. The Hall–Kier alpha value is -2.47. The van der Waals surface area contributed by atoms with E-state index >= 15 is 0 Å². The Balaban J connectivity index is 2.14.